The Hall–Kier alpha value is 1.35. The Morgan fingerprint density at radius 2 is 0.364 bits per heavy atom. The van der Waals surface area contributed by atoms with Crippen LogP contribution in [-0.2, 0) is 16.5 Å². The van der Waals surface area contributed by atoms with Gasteiger partial charge in [0.1, 0.15) is 0 Å². The van der Waals surface area contributed by atoms with Gasteiger partial charge in [-0.2, -0.15) is 0 Å². The maximum absolute atomic E-state index is 1.61. The second-order valence-corrected chi connectivity index (χ2v) is 18.7. The molecule has 6 rings (SSSR count). The summed E-state index contributed by atoms with van der Waals surface area (Å²) in [4.78, 5) is 0. The van der Waals surface area contributed by atoms with Gasteiger partial charge in [0.05, 0.1) is 0 Å². The van der Waals surface area contributed by atoms with Gasteiger partial charge >= 0.3 is 0 Å². The van der Waals surface area contributed by atoms with Gasteiger partial charge in [-0.15, -0.1) is 0 Å². The second-order valence-electron chi connectivity index (χ2n) is 12.5. The van der Waals surface area contributed by atoms with Gasteiger partial charge in [-0.25, -0.2) is 0 Å². The van der Waals surface area contributed by atoms with Crippen LogP contribution in [0.3, 0.4) is 0 Å². The first-order valence-corrected chi connectivity index (χ1v) is 18.5. The van der Waals surface area contributed by atoms with Gasteiger partial charge < -0.3 is 0 Å². The van der Waals surface area contributed by atoms with E-state index in [2.05, 4.69) is 0 Å². The van der Waals surface area contributed by atoms with Gasteiger partial charge in [0, 0.05) is 16.5 Å². The molecule has 0 aliphatic heterocycles. The Morgan fingerprint density at radius 1 is 0.242 bits per heavy atom. The van der Waals surface area contributed by atoms with Crippen LogP contribution in [0.4, 0.5) is 0 Å². The fourth-order valence-corrected chi connectivity index (χ4v) is 18.3. The molecular weight excluding hydrogens is 481 g/mol. The molecule has 0 aromatic carbocycles. The summed E-state index contributed by atoms with van der Waals surface area (Å²) in [5.74, 6) is 0. The zero-order chi connectivity index (χ0) is 21.6. The first-order valence-electron chi connectivity index (χ1n) is 15.4. The van der Waals surface area contributed by atoms with Crippen molar-refractivity contribution in [1.82, 2.24) is 0 Å². The molecule has 0 atom stereocenters. The van der Waals surface area contributed by atoms with Crippen LogP contribution in [0.25, 0.3) is 0 Å². The van der Waals surface area contributed by atoms with Crippen molar-refractivity contribution in [3.63, 3.8) is 0 Å². The Labute approximate surface area is 219 Å². The van der Waals surface area contributed by atoms with E-state index < -0.39 is 0 Å². The number of rotatable bonds is 6. The Bertz CT molecular complexity index is 393. The molecule has 33 heavy (non-hydrogen) atoms. The average Bonchev–Trinajstić information content (AvgIpc) is 3.67. The van der Waals surface area contributed by atoms with Crippen molar-refractivity contribution in [3.8, 4) is 0 Å². The largest absolute Gasteiger partial charge is 0.0971 e. The fourth-order valence-electron chi connectivity index (χ4n) is 9.00. The van der Waals surface area contributed by atoms with Crippen molar-refractivity contribution < 1.29 is 16.5 Å². The minimum Gasteiger partial charge on any atom is -0.0971 e. The van der Waals surface area contributed by atoms with E-state index in [0.717, 1.165) is 0 Å². The van der Waals surface area contributed by atoms with Crippen molar-refractivity contribution >= 4 is 15.8 Å². The summed E-state index contributed by atoms with van der Waals surface area (Å²) < 4.78 is 0. The smallest absolute Gasteiger partial charge is 0 e. The monoisotopic (exact) mass is 534 g/mol. The minimum atomic E-state index is 0. The third-order valence-corrected chi connectivity index (χ3v) is 18.6. The van der Waals surface area contributed by atoms with E-state index in [9.17, 15) is 0 Å². The molecular formula is C30H54NiP2. The SMILES string of the molecule is C1CCC(P(C2CCCC2)C2CCCC2)C1.C1CCC(P(C2CCCC2)C2CCCC2)C1.[Ni]. The summed E-state index contributed by atoms with van der Waals surface area (Å²) in [6, 6.07) is 0. The molecule has 0 amide bonds. The number of hydrogen-bond donors (Lipinski definition) is 0. The van der Waals surface area contributed by atoms with Crippen molar-refractivity contribution in [1.29, 1.82) is 0 Å². The van der Waals surface area contributed by atoms with Gasteiger partial charge in [0.2, 0.25) is 0 Å². The Kier molecular flexibility index (Phi) is 11.9. The molecule has 0 aromatic rings. The summed E-state index contributed by atoms with van der Waals surface area (Å²) >= 11 is 0. The van der Waals surface area contributed by atoms with Crippen molar-refractivity contribution in [2.45, 2.75) is 188 Å². The second kappa shape index (κ2) is 14.3. The first-order chi connectivity index (χ1) is 15.9. The van der Waals surface area contributed by atoms with Crippen molar-refractivity contribution in [3.05, 3.63) is 0 Å². The molecule has 6 aliphatic carbocycles. The predicted molar refractivity (Wildman–Crippen MR) is 147 cm³/mol. The van der Waals surface area contributed by atoms with E-state index in [-0.39, 0.29) is 16.5 Å². The topological polar surface area (TPSA) is 0 Å². The minimum absolute atomic E-state index is 0. The molecule has 6 aliphatic rings. The Morgan fingerprint density at radius 3 is 0.485 bits per heavy atom. The quantitative estimate of drug-likeness (QED) is 0.235. The standard InChI is InChI=1S/2C15H27P.Ni/c2*1-2-8-13(7-1)16(14-9-3-4-10-14)15-11-5-6-12-15;/h2*13-15H,1-12H2;. The zero-order valence-corrected chi connectivity index (χ0v) is 24.4. The molecule has 0 radical (unpaired) electrons. The third kappa shape index (κ3) is 7.23. The molecule has 3 heteroatoms. The summed E-state index contributed by atoms with van der Waals surface area (Å²) in [5, 5.41) is 0. The van der Waals surface area contributed by atoms with Crippen LogP contribution in [-0.4, -0.2) is 34.0 Å². The van der Waals surface area contributed by atoms with Gasteiger partial charge in [-0.05, 0) is 111 Å². The van der Waals surface area contributed by atoms with Crippen molar-refractivity contribution in [2.24, 2.45) is 0 Å². The molecule has 194 valence electrons. The molecule has 0 nitrogen and oxygen atoms in total. The molecule has 0 saturated heterocycles. The van der Waals surface area contributed by atoms with Crippen LogP contribution in [0, 0.1) is 0 Å². The molecule has 0 spiro atoms. The summed E-state index contributed by atoms with van der Waals surface area (Å²) in [7, 11) is 0.872. The molecule has 6 saturated carbocycles. The molecule has 0 N–H and O–H groups in total. The molecule has 0 aromatic heterocycles. The van der Waals surface area contributed by atoms with Crippen LogP contribution in [0.2, 0.25) is 0 Å². The van der Waals surface area contributed by atoms with Crippen LogP contribution >= 0.6 is 15.8 Å². The number of hydrogen-bond acceptors (Lipinski definition) is 0. The molecule has 0 unspecified atom stereocenters. The van der Waals surface area contributed by atoms with Gasteiger partial charge in [-0.1, -0.05) is 92.9 Å². The van der Waals surface area contributed by atoms with E-state index in [1.54, 1.807) is 154 Å². The summed E-state index contributed by atoms with van der Waals surface area (Å²) in [5.41, 5.74) is 7.26. The van der Waals surface area contributed by atoms with Crippen LogP contribution in [0.5, 0.6) is 0 Å². The van der Waals surface area contributed by atoms with Gasteiger partial charge in [0.15, 0.2) is 0 Å². The fraction of sp³-hybridized carbons (Fsp3) is 1.00. The maximum atomic E-state index is 1.61. The molecule has 6 fully saturated rings. The van der Waals surface area contributed by atoms with Gasteiger partial charge in [-0.3, -0.25) is 0 Å². The van der Waals surface area contributed by atoms with E-state index in [0.29, 0.717) is 15.8 Å². The van der Waals surface area contributed by atoms with E-state index >= 15 is 0 Å². The first kappa shape index (κ1) is 27.4. The molecule has 0 bridgehead atoms. The summed E-state index contributed by atoms with van der Waals surface area (Å²) in [6.07, 6.45) is 38.0. The van der Waals surface area contributed by atoms with Gasteiger partial charge in [0.25, 0.3) is 0 Å². The average molecular weight is 535 g/mol. The maximum Gasteiger partial charge on any atom is 0 e. The van der Waals surface area contributed by atoms with Crippen LogP contribution in [0.15, 0.2) is 0 Å². The van der Waals surface area contributed by atoms with E-state index in [4.69, 9.17) is 0 Å². The molecule has 0 heterocycles. The van der Waals surface area contributed by atoms with Crippen molar-refractivity contribution in [2.75, 3.05) is 0 Å². The predicted octanol–water partition coefficient (Wildman–Crippen LogP) is 10.6. The van der Waals surface area contributed by atoms with E-state index in [1.165, 1.54) is 34.0 Å². The summed E-state index contributed by atoms with van der Waals surface area (Å²) in [6.45, 7) is 0. The van der Waals surface area contributed by atoms with E-state index in [1.807, 2.05) is 0 Å². The Balaban J connectivity index is 0.000000152. The van der Waals surface area contributed by atoms with Crippen LogP contribution < -0.4 is 0 Å². The normalized spacial score (nSPS) is 28.9. The van der Waals surface area contributed by atoms with Crippen LogP contribution in [0.1, 0.15) is 154 Å². The third-order valence-electron chi connectivity index (χ3n) is 10.5. The zero-order valence-electron chi connectivity index (χ0n) is 21.6.